The van der Waals surface area contributed by atoms with Crippen molar-refractivity contribution in [3.63, 3.8) is 0 Å². The van der Waals surface area contributed by atoms with Crippen molar-refractivity contribution >= 4 is 23.4 Å². The minimum Gasteiger partial charge on any atom is -0.497 e. The number of hydrogen-bond acceptors (Lipinski definition) is 6. The zero-order valence-electron chi connectivity index (χ0n) is 18.6. The lowest BCUT2D eigenvalue weighted by molar-refractivity contribution is -0.113. The highest BCUT2D eigenvalue weighted by Crippen LogP contribution is 2.25. The molecule has 0 saturated carbocycles. The van der Waals surface area contributed by atoms with Gasteiger partial charge in [0.25, 0.3) is 0 Å². The van der Waals surface area contributed by atoms with Gasteiger partial charge >= 0.3 is 0 Å². The van der Waals surface area contributed by atoms with Crippen LogP contribution in [0.5, 0.6) is 11.5 Å². The number of nitrogens with zero attached hydrogens (tertiary/aromatic N) is 3. The molecule has 0 aliphatic heterocycles. The monoisotopic (exact) mass is 452 g/mol. The van der Waals surface area contributed by atoms with Crippen LogP contribution in [0, 0.1) is 0 Å². The molecule has 0 unspecified atom stereocenters. The number of allylic oxidation sites excluding steroid dienone is 1. The number of amides is 1. The molecule has 3 rings (SSSR count). The summed E-state index contributed by atoms with van der Waals surface area (Å²) in [5.41, 5.74) is 1.95. The second-order valence-electron chi connectivity index (χ2n) is 7.34. The highest BCUT2D eigenvalue weighted by atomic mass is 32.2. The summed E-state index contributed by atoms with van der Waals surface area (Å²) in [6.45, 7) is 8.80. The van der Waals surface area contributed by atoms with Crippen LogP contribution < -0.4 is 14.8 Å². The van der Waals surface area contributed by atoms with E-state index in [2.05, 4.69) is 35.9 Å². The van der Waals surface area contributed by atoms with E-state index < -0.39 is 0 Å². The molecule has 0 bridgehead atoms. The Morgan fingerprint density at radius 1 is 1.16 bits per heavy atom. The second-order valence-corrected chi connectivity index (χ2v) is 8.28. The number of para-hydroxylation sites is 1. The predicted molar refractivity (Wildman–Crippen MR) is 127 cm³/mol. The average molecular weight is 453 g/mol. The lowest BCUT2D eigenvalue weighted by Crippen LogP contribution is -2.16. The second kappa shape index (κ2) is 11.4. The van der Waals surface area contributed by atoms with Gasteiger partial charge in [-0.1, -0.05) is 49.9 Å². The van der Waals surface area contributed by atoms with Crippen molar-refractivity contribution < 1.29 is 14.3 Å². The highest BCUT2D eigenvalue weighted by Gasteiger charge is 2.15. The van der Waals surface area contributed by atoms with Gasteiger partial charge in [0.15, 0.2) is 11.0 Å². The lowest BCUT2D eigenvalue weighted by atomic mass is 10.0. The Labute approximate surface area is 192 Å². The molecule has 0 aliphatic carbocycles. The fourth-order valence-corrected chi connectivity index (χ4v) is 3.86. The number of methoxy groups -OCH3 is 1. The van der Waals surface area contributed by atoms with Crippen molar-refractivity contribution in [1.29, 1.82) is 0 Å². The molecule has 1 N–H and O–H groups in total. The van der Waals surface area contributed by atoms with Gasteiger partial charge < -0.3 is 14.8 Å². The van der Waals surface area contributed by atoms with E-state index >= 15 is 0 Å². The van der Waals surface area contributed by atoms with E-state index in [0.717, 1.165) is 17.0 Å². The van der Waals surface area contributed by atoms with Gasteiger partial charge in [-0.25, -0.2) is 0 Å². The molecule has 0 aliphatic rings. The Morgan fingerprint density at radius 3 is 2.56 bits per heavy atom. The van der Waals surface area contributed by atoms with Crippen LogP contribution in [0.25, 0.3) is 0 Å². The number of anilines is 1. The molecule has 3 aromatic rings. The minimum atomic E-state index is -0.0905. The summed E-state index contributed by atoms with van der Waals surface area (Å²) in [6.07, 6.45) is 1.77. The first-order chi connectivity index (χ1) is 15.5. The number of carbonyl (C=O) groups excluding carboxylic acids is 1. The smallest absolute Gasteiger partial charge is 0.234 e. The molecule has 1 heterocycles. The fourth-order valence-electron chi connectivity index (χ4n) is 3.10. The Hall–Kier alpha value is -3.26. The summed E-state index contributed by atoms with van der Waals surface area (Å²) in [7, 11) is 1.62. The van der Waals surface area contributed by atoms with Crippen LogP contribution in [0.3, 0.4) is 0 Å². The number of hydrogen-bond donors (Lipinski definition) is 1. The summed E-state index contributed by atoms with van der Waals surface area (Å²) in [6, 6.07) is 15.2. The van der Waals surface area contributed by atoms with E-state index in [0.29, 0.717) is 29.2 Å². The molecule has 1 amide bonds. The maximum Gasteiger partial charge on any atom is 0.234 e. The summed E-state index contributed by atoms with van der Waals surface area (Å²) < 4.78 is 12.9. The number of aromatic nitrogens is 3. The van der Waals surface area contributed by atoms with Gasteiger partial charge in [0.2, 0.25) is 5.91 Å². The number of thioether (sulfide) groups is 1. The molecule has 0 atom stereocenters. The van der Waals surface area contributed by atoms with Crippen LogP contribution in [-0.4, -0.2) is 33.5 Å². The largest absolute Gasteiger partial charge is 0.497 e. The van der Waals surface area contributed by atoms with Crippen molar-refractivity contribution in [1.82, 2.24) is 14.8 Å². The molecule has 1 aromatic heterocycles. The number of carbonyl (C=O) groups is 1. The van der Waals surface area contributed by atoms with Crippen molar-refractivity contribution in [2.24, 2.45) is 0 Å². The van der Waals surface area contributed by atoms with Gasteiger partial charge in [-0.2, -0.15) is 0 Å². The van der Waals surface area contributed by atoms with E-state index in [1.54, 1.807) is 13.2 Å². The van der Waals surface area contributed by atoms with Gasteiger partial charge in [-0.05, 0) is 41.8 Å². The summed E-state index contributed by atoms with van der Waals surface area (Å²) >= 11 is 1.33. The summed E-state index contributed by atoms with van der Waals surface area (Å²) in [4.78, 5) is 12.6. The molecule has 7 nitrogen and oxygen atoms in total. The van der Waals surface area contributed by atoms with E-state index in [-0.39, 0.29) is 18.3 Å². The quantitative estimate of drug-likeness (QED) is 0.329. The zero-order valence-corrected chi connectivity index (χ0v) is 19.4. The fraction of sp³-hybridized carbons (Fsp3) is 0.292. The Balaban J connectivity index is 1.62. The molecule has 168 valence electrons. The topological polar surface area (TPSA) is 78.3 Å². The standard InChI is InChI=1S/C24H28N4O3S/c1-5-14-28-22(15-31-19-12-10-18(30-4)11-13-19)26-27-24(28)32-16-23(29)25-21-9-7-6-8-20(21)17(2)3/h5-13,17H,1,14-16H2,2-4H3,(H,25,29). The van der Waals surface area contributed by atoms with E-state index in [9.17, 15) is 4.79 Å². The third-order valence-electron chi connectivity index (χ3n) is 4.72. The van der Waals surface area contributed by atoms with Crippen molar-refractivity contribution in [3.05, 3.63) is 72.6 Å². The third-order valence-corrected chi connectivity index (χ3v) is 5.69. The number of nitrogens with one attached hydrogen (secondary N) is 1. The Kier molecular flexibility index (Phi) is 8.33. The lowest BCUT2D eigenvalue weighted by Gasteiger charge is -2.13. The van der Waals surface area contributed by atoms with Crippen LogP contribution >= 0.6 is 11.8 Å². The maximum absolute atomic E-state index is 12.6. The molecule has 2 aromatic carbocycles. The predicted octanol–water partition coefficient (Wildman–Crippen LogP) is 4.91. The molecular formula is C24H28N4O3S. The van der Waals surface area contributed by atoms with Crippen LogP contribution in [0.4, 0.5) is 5.69 Å². The van der Waals surface area contributed by atoms with E-state index in [4.69, 9.17) is 9.47 Å². The average Bonchev–Trinajstić information content (AvgIpc) is 3.18. The van der Waals surface area contributed by atoms with Gasteiger partial charge in [0.1, 0.15) is 18.1 Å². The summed E-state index contributed by atoms with van der Waals surface area (Å²) in [5, 5.41) is 12.1. The van der Waals surface area contributed by atoms with Crippen LogP contribution in [0.1, 0.15) is 31.2 Å². The van der Waals surface area contributed by atoms with E-state index in [1.165, 1.54) is 11.8 Å². The Bertz CT molecular complexity index is 1050. The minimum absolute atomic E-state index is 0.0905. The van der Waals surface area contributed by atoms with Gasteiger partial charge in [-0.15, -0.1) is 16.8 Å². The van der Waals surface area contributed by atoms with Gasteiger partial charge in [0, 0.05) is 12.2 Å². The number of benzene rings is 2. The summed E-state index contributed by atoms with van der Waals surface area (Å²) in [5.74, 6) is 2.58. The molecule has 0 saturated heterocycles. The SMILES string of the molecule is C=CCn1c(COc2ccc(OC)cc2)nnc1SCC(=O)Nc1ccccc1C(C)C. The molecule has 0 radical (unpaired) electrons. The first-order valence-electron chi connectivity index (χ1n) is 10.3. The van der Waals surface area contributed by atoms with Crippen molar-refractivity contribution in [2.45, 2.75) is 38.1 Å². The molecule has 0 fully saturated rings. The van der Waals surface area contributed by atoms with Crippen LogP contribution in [-0.2, 0) is 17.9 Å². The first kappa shape index (κ1) is 23.4. The first-order valence-corrected chi connectivity index (χ1v) is 11.3. The molecule has 8 heteroatoms. The number of rotatable bonds is 11. The number of ether oxygens (including phenoxy) is 2. The molecule has 32 heavy (non-hydrogen) atoms. The van der Waals surface area contributed by atoms with Gasteiger partial charge in [-0.3, -0.25) is 9.36 Å². The molecule has 0 spiro atoms. The maximum atomic E-state index is 12.6. The zero-order chi connectivity index (χ0) is 22.9. The normalized spacial score (nSPS) is 10.8. The molecular weight excluding hydrogens is 424 g/mol. The van der Waals surface area contributed by atoms with Crippen molar-refractivity contribution in [3.8, 4) is 11.5 Å². The van der Waals surface area contributed by atoms with Crippen molar-refractivity contribution in [2.75, 3.05) is 18.2 Å². The van der Waals surface area contributed by atoms with Gasteiger partial charge in [0.05, 0.1) is 12.9 Å². The highest BCUT2D eigenvalue weighted by molar-refractivity contribution is 7.99. The van der Waals surface area contributed by atoms with E-state index in [1.807, 2.05) is 53.1 Å². The Morgan fingerprint density at radius 2 is 1.88 bits per heavy atom. The van der Waals surface area contributed by atoms with Crippen LogP contribution in [0.15, 0.2) is 66.3 Å². The third kappa shape index (κ3) is 6.13. The van der Waals surface area contributed by atoms with Crippen LogP contribution in [0.2, 0.25) is 0 Å².